The van der Waals surface area contributed by atoms with Crippen molar-refractivity contribution in [1.82, 2.24) is 10.2 Å². The van der Waals surface area contributed by atoms with Gasteiger partial charge in [-0.2, -0.15) is 0 Å². The van der Waals surface area contributed by atoms with Crippen molar-refractivity contribution in [2.75, 3.05) is 18.1 Å². The molecule has 0 spiro atoms. The predicted molar refractivity (Wildman–Crippen MR) is 180 cm³/mol. The molecule has 1 N–H and O–H groups in total. The summed E-state index contributed by atoms with van der Waals surface area (Å²) in [6, 6.07) is 29.1. The molecule has 11 heteroatoms. The first kappa shape index (κ1) is 30.5. The van der Waals surface area contributed by atoms with Gasteiger partial charge >= 0.3 is 5.91 Å². The molecule has 4 aromatic carbocycles. The van der Waals surface area contributed by atoms with Crippen molar-refractivity contribution < 1.29 is 28.9 Å². The Morgan fingerprint density at radius 1 is 0.915 bits per heavy atom. The highest BCUT2D eigenvalue weighted by molar-refractivity contribution is 8.00. The van der Waals surface area contributed by atoms with E-state index < -0.39 is 17.7 Å². The molecule has 0 bridgehead atoms. The number of benzene rings is 4. The smallest absolute Gasteiger partial charge is 0.301 e. The third kappa shape index (κ3) is 6.45. The molecule has 9 nitrogen and oxygen atoms in total. The van der Waals surface area contributed by atoms with Crippen molar-refractivity contribution >= 4 is 45.7 Å². The first-order valence-corrected chi connectivity index (χ1v) is 16.7. The lowest BCUT2D eigenvalue weighted by atomic mass is 9.95. The molecule has 5 aromatic rings. The van der Waals surface area contributed by atoms with Gasteiger partial charge in [0, 0.05) is 11.3 Å². The Balaban J connectivity index is 1.25. The molecule has 1 aromatic heterocycles. The highest BCUT2D eigenvalue weighted by Crippen LogP contribution is 2.45. The number of aromatic nitrogens is 2. The Morgan fingerprint density at radius 3 is 2.51 bits per heavy atom. The van der Waals surface area contributed by atoms with Gasteiger partial charge in [0.25, 0.3) is 5.78 Å². The van der Waals surface area contributed by atoms with E-state index in [9.17, 15) is 14.7 Å². The van der Waals surface area contributed by atoms with E-state index in [1.54, 1.807) is 36.4 Å². The predicted octanol–water partition coefficient (Wildman–Crippen LogP) is 7.12. The maximum absolute atomic E-state index is 13.8. The van der Waals surface area contributed by atoms with E-state index in [0.717, 1.165) is 11.1 Å². The minimum atomic E-state index is -0.994. The van der Waals surface area contributed by atoms with Gasteiger partial charge in [-0.25, -0.2) is 0 Å². The molecule has 236 valence electrons. The van der Waals surface area contributed by atoms with Crippen LogP contribution in [0.4, 0.5) is 5.13 Å². The minimum Gasteiger partial charge on any atom is -0.507 e. The highest BCUT2D eigenvalue weighted by atomic mass is 32.2. The van der Waals surface area contributed by atoms with Gasteiger partial charge in [0.15, 0.2) is 15.8 Å². The van der Waals surface area contributed by atoms with Crippen LogP contribution in [0.5, 0.6) is 17.2 Å². The largest absolute Gasteiger partial charge is 0.507 e. The zero-order chi connectivity index (χ0) is 32.3. The van der Waals surface area contributed by atoms with Crippen molar-refractivity contribution in [1.29, 1.82) is 0 Å². The zero-order valence-corrected chi connectivity index (χ0v) is 26.9. The van der Waals surface area contributed by atoms with Gasteiger partial charge < -0.3 is 19.3 Å². The average Bonchev–Trinajstić information content (AvgIpc) is 3.68. The minimum absolute atomic E-state index is 0.0732. The molecule has 2 aliphatic heterocycles. The number of thioether (sulfide) groups is 1. The lowest BCUT2D eigenvalue weighted by Crippen LogP contribution is -2.29. The monoisotopic (exact) mass is 663 g/mol. The van der Waals surface area contributed by atoms with E-state index in [2.05, 4.69) is 34.5 Å². The normalized spacial score (nSPS) is 16.8. The van der Waals surface area contributed by atoms with E-state index in [-0.39, 0.29) is 16.5 Å². The number of anilines is 1. The lowest BCUT2D eigenvalue weighted by Gasteiger charge is -2.23. The molecular weight excluding hydrogens is 635 g/mol. The van der Waals surface area contributed by atoms with E-state index in [1.165, 1.54) is 33.6 Å². The van der Waals surface area contributed by atoms with Crippen LogP contribution < -0.4 is 19.1 Å². The summed E-state index contributed by atoms with van der Waals surface area (Å²) in [6.07, 6.45) is 0. The average molecular weight is 664 g/mol. The summed E-state index contributed by atoms with van der Waals surface area (Å²) in [7, 11) is 0. The summed E-state index contributed by atoms with van der Waals surface area (Å²) in [6.45, 7) is 3.15. The van der Waals surface area contributed by atoms with Crippen LogP contribution in [0.25, 0.3) is 5.76 Å². The molecule has 0 unspecified atom stereocenters. The third-order valence-corrected chi connectivity index (χ3v) is 9.89. The van der Waals surface area contributed by atoms with Crippen LogP contribution in [0.15, 0.2) is 107 Å². The number of Topliss-reactive ketones (excluding diaryl/α,β-unsaturated/α-hetero) is 1. The molecule has 0 saturated carbocycles. The van der Waals surface area contributed by atoms with E-state index in [1.807, 2.05) is 43.3 Å². The van der Waals surface area contributed by atoms with Gasteiger partial charge in [-0.3, -0.25) is 14.5 Å². The van der Waals surface area contributed by atoms with E-state index in [0.29, 0.717) is 58.3 Å². The molecule has 1 amide bonds. The van der Waals surface area contributed by atoms with Crippen molar-refractivity contribution in [2.45, 2.75) is 29.7 Å². The van der Waals surface area contributed by atoms with Crippen LogP contribution in [-0.2, 0) is 21.9 Å². The number of carbonyl (C=O) groups excluding carboxylic acids is 2. The highest BCUT2D eigenvalue weighted by Gasteiger charge is 2.48. The van der Waals surface area contributed by atoms with Crippen molar-refractivity contribution in [2.24, 2.45) is 0 Å². The Bertz CT molecular complexity index is 1980. The van der Waals surface area contributed by atoms with Gasteiger partial charge in [0.05, 0.1) is 11.6 Å². The van der Waals surface area contributed by atoms with Crippen LogP contribution in [0.2, 0.25) is 0 Å². The Kier molecular flexibility index (Phi) is 8.64. The number of carbonyl (C=O) groups is 2. The number of aliphatic hydroxyl groups is 1. The molecule has 0 radical (unpaired) electrons. The van der Waals surface area contributed by atoms with Crippen LogP contribution >= 0.6 is 23.1 Å². The second-order valence-corrected chi connectivity index (χ2v) is 13.2. The number of aliphatic hydroxyl groups excluding tert-OH is 1. The fourth-order valence-corrected chi connectivity index (χ4v) is 7.22. The van der Waals surface area contributed by atoms with Crippen molar-refractivity contribution in [3.8, 4) is 17.2 Å². The lowest BCUT2D eigenvalue weighted by molar-refractivity contribution is -0.132. The quantitative estimate of drug-likeness (QED) is 0.0580. The van der Waals surface area contributed by atoms with Crippen molar-refractivity contribution in [3.05, 3.63) is 130 Å². The van der Waals surface area contributed by atoms with Crippen LogP contribution in [0.1, 0.15) is 33.9 Å². The standard InChI is InChI=1S/C36H29N3O6S2/c1-22-10-12-24(13-11-22)21-46-36-38-37-35(47-36)39-31(25-8-5-9-27(18-25)45-20-23-6-3-2-4-7-23)30(33(41)34(39)42)32(40)26-14-15-28-29(19-26)44-17-16-43-28/h2-15,18-19,31,40H,16-17,20-21H2,1H3/b32-30+/t31-/m0/s1. The fourth-order valence-electron chi connectivity index (χ4n) is 5.39. The summed E-state index contributed by atoms with van der Waals surface area (Å²) >= 11 is 2.72. The second kappa shape index (κ2) is 13.3. The summed E-state index contributed by atoms with van der Waals surface area (Å²) in [4.78, 5) is 28.9. The van der Waals surface area contributed by atoms with Crippen LogP contribution in [0, 0.1) is 6.92 Å². The summed E-state index contributed by atoms with van der Waals surface area (Å²) in [5, 5.41) is 20.6. The molecular formula is C36H29N3O6S2. The topological polar surface area (TPSA) is 111 Å². The van der Waals surface area contributed by atoms with Crippen LogP contribution in [-0.4, -0.2) is 40.2 Å². The number of aryl methyl sites for hydroxylation is 1. The van der Waals surface area contributed by atoms with Gasteiger partial charge in [-0.05, 0) is 53.9 Å². The maximum atomic E-state index is 13.8. The summed E-state index contributed by atoms with van der Waals surface area (Å²) < 4.78 is 18.1. The van der Waals surface area contributed by atoms with Crippen LogP contribution in [0.3, 0.4) is 0 Å². The number of rotatable bonds is 9. The van der Waals surface area contributed by atoms with E-state index in [4.69, 9.17) is 14.2 Å². The first-order chi connectivity index (χ1) is 22.9. The fraction of sp³-hybridized carbons (Fsp3) is 0.167. The zero-order valence-electron chi connectivity index (χ0n) is 25.3. The summed E-state index contributed by atoms with van der Waals surface area (Å²) in [5.74, 6) is 0.226. The molecule has 1 saturated heterocycles. The molecule has 7 rings (SSSR count). The number of amides is 1. The van der Waals surface area contributed by atoms with Gasteiger partial charge in [-0.15, -0.1) is 10.2 Å². The molecule has 0 aliphatic carbocycles. The number of fused-ring (bicyclic) bond motifs is 1. The number of hydrogen-bond donors (Lipinski definition) is 1. The Morgan fingerprint density at radius 2 is 1.70 bits per heavy atom. The SMILES string of the molecule is Cc1ccc(CSc2nnc(N3C(=O)C(=O)/C(=C(/O)c4ccc5c(c4)OCCO5)[C@@H]3c3cccc(OCc4ccccc4)c3)s2)cc1. The number of ether oxygens (including phenoxy) is 3. The molecule has 1 atom stereocenters. The number of hydrogen-bond acceptors (Lipinski definition) is 10. The number of ketones is 1. The Labute approximate surface area is 279 Å². The van der Waals surface area contributed by atoms with Crippen molar-refractivity contribution in [3.63, 3.8) is 0 Å². The molecule has 2 aliphatic rings. The maximum Gasteiger partial charge on any atom is 0.301 e. The van der Waals surface area contributed by atoms with Gasteiger partial charge in [0.1, 0.15) is 31.3 Å². The van der Waals surface area contributed by atoms with Gasteiger partial charge in [-0.1, -0.05) is 95.4 Å². The van der Waals surface area contributed by atoms with E-state index >= 15 is 0 Å². The number of nitrogens with zero attached hydrogens (tertiary/aromatic N) is 3. The summed E-state index contributed by atoms with van der Waals surface area (Å²) in [5.41, 5.74) is 4.11. The molecule has 1 fully saturated rings. The van der Waals surface area contributed by atoms with Gasteiger partial charge in [0.2, 0.25) is 5.13 Å². The Hall–Kier alpha value is -5.13. The third-order valence-electron chi connectivity index (χ3n) is 7.77. The first-order valence-electron chi connectivity index (χ1n) is 14.9. The molecule has 47 heavy (non-hydrogen) atoms. The second-order valence-electron chi connectivity index (χ2n) is 11.0. The molecule has 3 heterocycles.